The number of likely N-dealkylation sites (tertiary alicyclic amines) is 1. The van der Waals surface area contributed by atoms with E-state index in [9.17, 15) is 23.2 Å². The Balaban J connectivity index is 1.78. The highest BCUT2D eigenvalue weighted by Gasteiger charge is 2.31. The van der Waals surface area contributed by atoms with E-state index in [0.717, 1.165) is 0 Å². The number of nitrogens with one attached hydrogen (secondary N) is 2. The molecule has 1 fully saturated rings. The minimum absolute atomic E-state index is 0.102. The Morgan fingerprint density at radius 2 is 2.17 bits per heavy atom. The Labute approximate surface area is 142 Å². The Kier molecular flexibility index (Phi) is 4.50. The predicted molar refractivity (Wildman–Crippen MR) is 83.0 cm³/mol. The standard InChI is InChI=1S/C13H11ClF2N4O3S/c14-9-8(10(15)16)24-11(19-9)12(22)20-2-1-5(4-20)6-3-7(21)18-13(23)17-6/h3,5,10H,1-2,4H2,(H2,17,18,21,23). The molecule has 11 heteroatoms. The summed E-state index contributed by atoms with van der Waals surface area (Å²) in [4.78, 5) is 44.4. The lowest BCUT2D eigenvalue weighted by Crippen LogP contribution is -2.29. The first-order chi connectivity index (χ1) is 11.3. The van der Waals surface area contributed by atoms with Gasteiger partial charge in [0, 0.05) is 30.8 Å². The average molecular weight is 377 g/mol. The number of hydrogen-bond acceptors (Lipinski definition) is 5. The zero-order valence-corrected chi connectivity index (χ0v) is 13.6. The third-order valence-electron chi connectivity index (χ3n) is 3.69. The first-order valence-electron chi connectivity index (χ1n) is 6.92. The fourth-order valence-electron chi connectivity index (χ4n) is 2.58. The fourth-order valence-corrected chi connectivity index (χ4v) is 3.69. The van der Waals surface area contributed by atoms with Crippen molar-refractivity contribution in [2.45, 2.75) is 18.8 Å². The van der Waals surface area contributed by atoms with E-state index in [1.165, 1.54) is 11.0 Å². The van der Waals surface area contributed by atoms with Crippen LogP contribution in [0.25, 0.3) is 0 Å². The molecule has 0 aliphatic carbocycles. The summed E-state index contributed by atoms with van der Waals surface area (Å²) in [5.41, 5.74) is -0.702. The van der Waals surface area contributed by atoms with Crippen LogP contribution in [0.5, 0.6) is 0 Å². The Morgan fingerprint density at radius 1 is 1.42 bits per heavy atom. The van der Waals surface area contributed by atoms with Gasteiger partial charge in [-0.15, -0.1) is 11.3 Å². The van der Waals surface area contributed by atoms with Crippen LogP contribution in [0.1, 0.15) is 39.1 Å². The van der Waals surface area contributed by atoms with E-state index in [4.69, 9.17) is 11.6 Å². The molecule has 1 unspecified atom stereocenters. The van der Waals surface area contributed by atoms with Crippen molar-refractivity contribution in [1.82, 2.24) is 19.9 Å². The van der Waals surface area contributed by atoms with Gasteiger partial charge in [-0.05, 0) is 6.42 Å². The van der Waals surface area contributed by atoms with Crippen molar-refractivity contribution in [2.75, 3.05) is 13.1 Å². The van der Waals surface area contributed by atoms with Gasteiger partial charge >= 0.3 is 5.69 Å². The van der Waals surface area contributed by atoms with Crippen LogP contribution in [0.2, 0.25) is 5.15 Å². The molecule has 1 aliphatic rings. The number of thiazole rings is 1. The summed E-state index contributed by atoms with van der Waals surface area (Å²) >= 11 is 6.19. The van der Waals surface area contributed by atoms with E-state index in [2.05, 4.69) is 15.0 Å². The highest BCUT2D eigenvalue weighted by molar-refractivity contribution is 7.14. The number of carbonyl (C=O) groups excluding carboxylic acids is 1. The average Bonchev–Trinajstić information content (AvgIpc) is 3.12. The van der Waals surface area contributed by atoms with E-state index in [-0.39, 0.29) is 22.6 Å². The molecule has 2 N–H and O–H groups in total. The topological polar surface area (TPSA) is 98.9 Å². The number of rotatable bonds is 3. The first-order valence-corrected chi connectivity index (χ1v) is 8.11. The summed E-state index contributed by atoms with van der Waals surface area (Å²) in [5, 5.41) is -0.469. The molecule has 0 radical (unpaired) electrons. The van der Waals surface area contributed by atoms with E-state index in [0.29, 0.717) is 30.0 Å². The normalized spacial score (nSPS) is 17.7. The Bertz CT molecular complexity index is 866. The molecule has 128 valence electrons. The molecule has 3 heterocycles. The number of halogens is 3. The van der Waals surface area contributed by atoms with Crippen LogP contribution in [0.15, 0.2) is 15.7 Å². The lowest BCUT2D eigenvalue weighted by molar-refractivity contribution is 0.0790. The quantitative estimate of drug-likeness (QED) is 0.852. The van der Waals surface area contributed by atoms with Gasteiger partial charge in [0.25, 0.3) is 17.9 Å². The number of nitrogens with zero attached hydrogens (tertiary/aromatic N) is 2. The van der Waals surface area contributed by atoms with Crippen molar-refractivity contribution in [3.8, 4) is 0 Å². The highest BCUT2D eigenvalue weighted by Crippen LogP contribution is 2.34. The summed E-state index contributed by atoms with van der Waals surface area (Å²) in [6.45, 7) is 0.610. The zero-order valence-electron chi connectivity index (χ0n) is 12.0. The maximum Gasteiger partial charge on any atom is 0.325 e. The molecular formula is C13H11ClF2N4O3S. The van der Waals surface area contributed by atoms with Gasteiger partial charge in [0.2, 0.25) is 0 Å². The number of H-pyrrole nitrogens is 2. The second-order valence-electron chi connectivity index (χ2n) is 5.25. The number of amides is 1. The number of aromatic amines is 2. The van der Waals surface area contributed by atoms with Crippen molar-refractivity contribution in [2.24, 2.45) is 0 Å². The van der Waals surface area contributed by atoms with E-state index < -0.39 is 28.5 Å². The maximum atomic E-state index is 12.7. The Hall–Kier alpha value is -2.07. The number of aromatic nitrogens is 3. The lowest BCUT2D eigenvalue weighted by atomic mass is 10.1. The monoisotopic (exact) mass is 376 g/mol. The summed E-state index contributed by atoms with van der Waals surface area (Å²) in [6.07, 6.45) is -2.25. The molecule has 3 rings (SSSR count). The first kappa shape index (κ1) is 16.8. The van der Waals surface area contributed by atoms with Crippen molar-refractivity contribution in [3.63, 3.8) is 0 Å². The van der Waals surface area contributed by atoms with E-state index in [1.54, 1.807) is 0 Å². The van der Waals surface area contributed by atoms with Gasteiger partial charge < -0.3 is 9.88 Å². The predicted octanol–water partition coefficient (Wildman–Crippen LogP) is 1.74. The summed E-state index contributed by atoms with van der Waals surface area (Å²) in [5.74, 6) is -0.711. The van der Waals surface area contributed by atoms with Crippen LogP contribution in [0.4, 0.5) is 8.78 Å². The van der Waals surface area contributed by atoms with E-state index >= 15 is 0 Å². The third-order valence-corrected chi connectivity index (χ3v) is 5.14. The van der Waals surface area contributed by atoms with Crippen LogP contribution in [-0.4, -0.2) is 38.8 Å². The summed E-state index contributed by atoms with van der Waals surface area (Å²) in [6, 6.07) is 1.27. The van der Waals surface area contributed by atoms with Gasteiger partial charge in [-0.1, -0.05) is 11.6 Å². The van der Waals surface area contributed by atoms with Gasteiger partial charge in [0.15, 0.2) is 5.01 Å². The summed E-state index contributed by atoms with van der Waals surface area (Å²) < 4.78 is 25.5. The molecule has 7 nitrogen and oxygen atoms in total. The van der Waals surface area contributed by atoms with E-state index in [1.807, 2.05) is 0 Å². The third kappa shape index (κ3) is 3.24. The second kappa shape index (κ2) is 6.44. The van der Waals surface area contributed by atoms with Gasteiger partial charge in [0.05, 0.1) is 0 Å². The molecule has 1 atom stereocenters. The van der Waals surface area contributed by atoms with Crippen LogP contribution < -0.4 is 11.2 Å². The molecule has 0 saturated carbocycles. The van der Waals surface area contributed by atoms with Crippen LogP contribution in [0, 0.1) is 0 Å². The Morgan fingerprint density at radius 3 is 2.79 bits per heavy atom. The molecule has 24 heavy (non-hydrogen) atoms. The SMILES string of the molecule is O=C(c1nc(Cl)c(C(F)F)s1)N1CCC(c2cc(=O)[nH]c(=O)[nH]2)C1. The second-order valence-corrected chi connectivity index (χ2v) is 6.64. The van der Waals surface area contributed by atoms with Gasteiger partial charge in [-0.3, -0.25) is 14.6 Å². The molecule has 1 amide bonds. The number of carbonyl (C=O) groups is 1. The molecular weight excluding hydrogens is 366 g/mol. The van der Waals surface area contributed by atoms with Crippen LogP contribution in [0.3, 0.4) is 0 Å². The molecule has 2 aromatic rings. The smallest absolute Gasteiger partial charge is 0.325 e. The molecule has 1 aliphatic heterocycles. The highest BCUT2D eigenvalue weighted by atomic mass is 35.5. The zero-order chi connectivity index (χ0) is 17.4. The summed E-state index contributed by atoms with van der Waals surface area (Å²) in [7, 11) is 0. The van der Waals surface area contributed by atoms with Gasteiger partial charge in [-0.2, -0.15) is 0 Å². The van der Waals surface area contributed by atoms with Crippen LogP contribution >= 0.6 is 22.9 Å². The number of alkyl halides is 2. The van der Waals surface area contributed by atoms with Crippen LogP contribution in [-0.2, 0) is 0 Å². The maximum absolute atomic E-state index is 12.7. The van der Waals surface area contributed by atoms with Crippen molar-refractivity contribution >= 4 is 28.8 Å². The minimum atomic E-state index is -2.79. The molecule has 0 spiro atoms. The molecule has 0 bridgehead atoms. The number of hydrogen-bond donors (Lipinski definition) is 2. The van der Waals surface area contributed by atoms with Crippen molar-refractivity contribution < 1.29 is 13.6 Å². The largest absolute Gasteiger partial charge is 0.336 e. The molecule has 2 aromatic heterocycles. The van der Waals surface area contributed by atoms with Gasteiger partial charge in [0.1, 0.15) is 10.0 Å². The van der Waals surface area contributed by atoms with Gasteiger partial charge in [-0.25, -0.2) is 18.6 Å². The fraction of sp³-hybridized carbons (Fsp3) is 0.385. The van der Waals surface area contributed by atoms with Crippen molar-refractivity contribution in [1.29, 1.82) is 0 Å². The molecule has 0 aromatic carbocycles. The lowest BCUT2D eigenvalue weighted by Gasteiger charge is -2.14. The minimum Gasteiger partial charge on any atom is -0.336 e. The molecule has 1 saturated heterocycles. The van der Waals surface area contributed by atoms with Crippen molar-refractivity contribution in [3.05, 3.63) is 47.6 Å².